The topological polar surface area (TPSA) is 32.5 Å². The van der Waals surface area contributed by atoms with E-state index in [4.69, 9.17) is 5.73 Å². The number of para-hydroxylation sites is 2. The van der Waals surface area contributed by atoms with Crippen molar-refractivity contribution < 1.29 is 0 Å². The highest BCUT2D eigenvalue weighted by Gasteiger charge is 2.21. The molecule has 0 saturated heterocycles. The Bertz CT molecular complexity index is 586. The number of anilines is 4. The number of benzene rings is 2. The smallest absolute Gasteiger partial charge is 0.0649 e. The highest BCUT2D eigenvalue weighted by atomic mass is 15.3. The summed E-state index contributed by atoms with van der Waals surface area (Å²) in [5, 5.41) is 0. The molecule has 0 aliphatic carbocycles. The van der Waals surface area contributed by atoms with E-state index in [-0.39, 0.29) is 0 Å². The average Bonchev–Trinajstić information content (AvgIpc) is 2.38. The number of rotatable bonds is 1. The van der Waals surface area contributed by atoms with Gasteiger partial charge in [0.1, 0.15) is 0 Å². The number of nitrogens with zero attached hydrogens (tertiary/aromatic N) is 2. The van der Waals surface area contributed by atoms with Crippen molar-refractivity contribution in [2.75, 3.05) is 35.7 Å². The van der Waals surface area contributed by atoms with E-state index in [9.17, 15) is 0 Å². The van der Waals surface area contributed by atoms with Gasteiger partial charge in [0, 0.05) is 31.5 Å². The van der Waals surface area contributed by atoms with Gasteiger partial charge in [-0.2, -0.15) is 0 Å². The van der Waals surface area contributed by atoms with Crippen LogP contribution in [0.2, 0.25) is 0 Å². The Labute approximate surface area is 114 Å². The summed E-state index contributed by atoms with van der Waals surface area (Å²) in [4.78, 5) is 4.64. The molecule has 0 radical (unpaired) electrons. The fourth-order valence-electron chi connectivity index (χ4n) is 2.72. The third kappa shape index (κ3) is 2.12. The molecule has 1 aliphatic heterocycles. The van der Waals surface area contributed by atoms with Gasteiger partial charge in [-0.3, -0.25) is 0 Å². The fourth-order valence-corrected chi connectivity index (χ4v) is 2.72. The molecule has 0 unspecified atom stereocenters. The van der Waals surface area contributed by atoms with Crippen molar-refractivity contribution in [3.05, 3.63) is 48.0 Å². The molecule has 0 saturated carbocycles. The second-order valence-corrected chi connectivity index (χ2v) is 5.16. The van der Waals surface area contributed by atoms with E-state index in [2.05, 4.69) is 60.2 Å². The monoisotopic (exact) mass is 253 g/mol. The summed E-state index contributed by atoms with van der Waals surface area (Å²) in [6.07, 6.45) is 0. The Hall–Kier alpha value is -2.16. The van der Waals surface area contributed by atoms with E-state index >= 15 is 0 Å². The van der Waals surface area contributed by atoms with Crippen LogP contribution in [0, 0.1) is 6.92 Å². The lowest BCUT2D eigenvalue weighted by molar-refractivity contribution is 0.822. The zero-order chi connectivity index (χ0) is 13.4. The lowest BCUT2D eigenvalue weighted by atomic mass is 10.1. The van der Waals surface area contributed by atoms with Gasteiger partial charge in [-0.25, -0.2) is 0 Å². The molecule has 0 amide bonds. The van der Waals surface area contributed by atoms with Crippen LogP contribution < -0.4 is 15.5 Å². The summed E-state index contributed by atoms with van der Waals surface area (Å²) in [7, 11) is 2.14. The number of nitrogen functional groups attached to an aromatic ring is 1. The van der Waals surface area contributed by atoms with Crippen LogP contribution in [0.5, 0.6) is 0 Å². The predicted molar refractivity (Wildman–Crippen MR) is 82.3 cm³/mol. The minimum Gasteiger partial charge on any atom is -0.399 e. The molecule has 19 heavy (non-hydrogen) atoms. The summed E-state index contributed by atoms with van der Waals surface area (Å²) in [5.74, 6) is 0. The third-order valence-electron chi connectivity index (χ3n) is 3.64. The third-order valence-corrected chi connectivity index (χ3v) is 3.64. The first-order chi connectivity index (χ1) is 9.15. The molecule has 2 aromatic rings. The maximum absolute atomic E-state index is 5.98. The normalized spacial score (nSPS) is 14.4. The Morgan fingerprint density at radius 3 is 2.47 bits per heavy atom. The zero-order valence-electron chi connectivity index (χ0n) is 11.4. The minimum absolute atomic E-state index is 0.825. The molecule has 3 heteroatoms. The van der Waals surface area contributed by atoms with Crippen molar-refractivity contribution in [2.24, 2.45) is 0 Å². The van der Waals surface area contributed by atoms with Crippen LogP contribution in [-0.2, 0) is 0 Å². The van der Waals surface area contributed by atoms with Gasteiger partial charge in [-0.1, -0.05) is 12.1 Å². The van der Waals surface area contributed by atoms with Crippen LogP contribution in [-0.4, -0.2) is 20.1 Å². The molecule has 0 aromatic heterocycles. The summed E-state index contributed by atoms with van der Waals surface area (Å²) < 4.78 is 0. The molecule has 98 valence electrons. The van der Waals surface area contributed by atoms with Crippen molar-refractivity contribution in [1.29, 1.82) is 0 Å². The molecule has 2 aromatic carbocycles. The van der Waals surface area contributed by atoms with Crippen molar-refractivity contribution in [3.8, 4) is 0 Å². The van der Waals surface area contributed by atoms with Crippen molar-refractivity contribution in [3.63, 3.8) is 0 Å². The molecule has 0 spiro atoms. The van der Waals surface area contributed by atoms with E-state index in [1.54, 1.807) is 0 Å². The van der Waals surface area contributed by atoms with Crippen LogP contribution in [0.15, 0.2) is 42.5 Å². The van der Waals surface area contributed by atoms with Gasteiger partial charge in [0.25, 0.3) is 0 Å². The largest absolute Gasteiger partial charge is 0.399 e. The van der Waals surface area contributed by atoms with E-state index < -0.39 is 0 Å². The molecule has 1 heterocycles. The SMILES string of the molecule is Cc1cc(N)cc(N2CCN(C)c3ccccc32)c1. The first-order valence-electron chi connectivity index (χ1n) is 6.60. The Kier molecular flexibility index (Phi) is 2.82. The molecule has 2 N–H and O–H groups in total. The molecule has 1 aliphatic rings. The molecular formula is C16H19N3. The number of hydrogen-bond donors (Lipinski definition) is 1. The molecule has 0 atom stereocenters. The van der Waals surface area contributed by atoms with Crippen molar-refractivity contribution in [2.45, 2.75) is 6.92 Å². The number of aryl methyl sites for hydroxylation is 1. The van der Waals surface area contributed by atoms with Crippen LogP contribution in [0.1, 0.15) is 5.56 Å². The molecule has 0 bridgehead atoms. The highest BCUT2D eigenvalue weighted by Crippen LogP contribution is 2.37. The maximum Gasteiger partial charge on any atom is 0.0649 e. The van der Waals surface area contributed by atoms with Crippen LogP contribution in [0.4, 0.5) is 22.7 Å². The van der Waals surface area contributed by atoms with Gasteiger partial charge in [-0.15, -0.1) is 0 Å². The molecule has 3 nitrogen and oxygen atoms in total. The van der Waals surface area contributed by atoms with Gasteiger partial charge in [0.05, 0.1) is 11.4 Å². The summed E-state index contributed by atoms with van der Waals surface area (Å²) in [6.45, 7) is 4.09. The summed E-state index contributed by atoms with van der Waals surface area (Å²) >= 11 is 0. The van der Waals surface area contributed by atoms with Gasteiger partial charge < -0.3 is 15.5 Å². The van der Waals surface area contributed by atoms with Crippen LogP contribution in [0.3, 0.4) is 0 Å². The van der Waals surface area contributed by atoms with E-state index in [1.807, 2.05) is 6.07 Å². The minimum atomic E-state index is 0.825. The highest BCUT2D eigenvalue weighted by molar-refractivity contribution is 5.80. The quantitative estimate of drug-likeness (QED) is 0.792. The van der Waals surface area contributed by atoms with Crippen LogP contribution in [0.25, 0.3) is 0 Å². The van der Waals surface area contributed by atoms with Gasteiger partial charge in [0.15, 0.2) is 0 Å². The molecule has 0 fully saturated rings. The Morgan fingerprint density at radius 1 is 1.00 bits per heavy atom. The second kappa shape index (κ2) is 4.50. The van der Waals surface area contributed by atoms with Crippen molar-refractivity contribution >= 4 is 22.7 Å². The summed E-state index contributed by atoms with van der Waals surface area (Å²) in [6, 6.07) is 14.8. The maximum atomic E-state index is 5.98. The van der Waals surface area contributed by atoms with E-state index in [1.165, 1.54) is 22.6 Å². The fraction of sp³-hybridized carbons (Fsp3) is 0.250. The first kappa shape index (κ1) is 11.9. The number of nitrogens with two attached hydrogens (primary N) is 1. The zero-order valence-corrected chi connectivity index (χ0v) is 11.4. The Morgan fingerprint density at radius 2 is 1.74 bits per heavy atom. The average molecular weight is 253 g/mol. The number of hydrogen-bond acceptors (Lipinski definition) is 3. The first-order valence-corrected chi connectivity index (χ1v) is 6.60. The summed E-state index contributed by atoms with van der Waals surface area (Å²) in [5.41, 5.74) is 11.7. The van der Waals surface area contributed by atoms with Gasteiger partial charge in [-0.05, 0) is 42.8 Å². The second-order valence-electron chi connectivity index (χ2n) is 5.16. The number of fused-ring (bicyclic) bond motifs is 1. The molecule has 3 rings (SSSR count). The van der Waals surface area contributed by atoms with Crippen molar-refractivity contribution in [1.82, 2.24) is 0 Å². The van der Waals surface area contributed by atoms with Crippen LogP contribution >= 0.6 is 0 Å². The lowest BCUT2D eigenvalue weighted by Gasteiger charge is -2.37. The lowest BCUT2D eigenvalue weighted by Crippen LogP contribution is -2.36. The molecular weight excluding hydrogens is 234 g/mol. The van der Waals surface area contributed by atoms with E-state index in [0.717, 1.165) is 18.8 Å². The number of likely N-dealkylation sites (N-methyl/N-ethyl adjacent to an activating group) is 1. The van der Waals surface area contributed by atoms with Gasteiger partial charge in [0.2, 0.25) is 0 Å². The predicted octanol–water partition coefficient (Wildman–Crippen LogP) is 3.17. The van der Waals surface area contributed by atoms with Gasteiger partial charge >= 0.3 is 0 Å². The van der Waals surface area contributed by atoms with E-state index in [0.29, 0.717) is 0 Å². The standard InChI is InChI=1S/C16H19N3/c1-12-9-13(17)11-14(10-12)19-8-7-18(2)15-5-3-4-6-16(15)19/h3-6,9-11H,7-8,17H2,1-2H3. The Balaban J connectivity index is 2.09.